The number of nitro benzene ring substituents is 1. The van der Waals surface area contributed by atoms with Crippen LogP contribution in [0.1, 0.15) is 15.9 Å². The molecule has 1 aromatic heterocycles. The van der Waals surface area contributed by atoms with Crippen molar-refractivity contribution < 1.29 is 9.72 Å². The van der Waals surface area contributed by atoms with E-state index in [0.717, 1.165) is 16.5 Å². The van der Waals surface area contributed by atoms with Gasteiger partial charge in [-0.2, -0.15) is 0 Å². The van der Waals surface area contributed by atoms with Crippen LogP contribution in [-0.2, 0) is 0 Å². The average Bonchev–Trinajstić information content (AvgIpc) is 2.67. The number of pyridine rings is 1. The van der Waals surface area contributed by atoms with Gasteiger partial charge >= 0.3 is 0 Å². The van der Waals surface area contributed by atoms with Gasteiger partial charge in [0.1, 0.15) is 0 Å². The van der Waals surface area contributed by atoms with Crippen LogP contribution in [0.2, 0.25) is 0 Å². The Labute approximate surface area is 159 Å². The van der Waals surface area contributed by atoms with E-state index in [4.69, 9.17) is 0 Å². The lowest BCUT2D eigenvalue weighted by atomic mass is 10.1. The number of hydrogen-bond acceptors (Lipinski definition) is 4. The molecule has 0 saturated carbocycles. The summed E-state index contributed by atoms with van der Waals surface area (Å²) in [6, 6.07) is 15.1. The molecule has 2 aromatic carbocycles. The number of para-hydroxylation sites is 1. The molecule has 0 bridgehead atoms. The second-order valence-corrected chi connectivity index (χ2v) is 4.92. The molecule has 0 aliphatic carbocycles. The predicted octanol–water partition coefficient (Wildman–Crippen LogP) is 5.73. The molecular weight excluding hydrogens is 452 g/mol. The van der Waals surface area contributed by atoms with E-state index < -0.39 is 4.92 Å². The highest BCUT2D eigenvalue weighted by molar-refractivity contribution is 9.93. The van der Waals surface area contributed by atoms with Gasteiger partial charge in [-0.3, -0.25) is 19.9 Å². The lowest BCUT2D eigenvalue weighted by Crippen LogP contribution is -1.95. The second-order valence-electron chi connectivity index (χ2n) is 4.92. The van der Waals surface area contributed by atoms with Gasteiger partial charge in [-0.1, -0.05) is 24.3 Å². The summed E-state index contributed by atoms with van der Waals surface area (Å²) < 4.78 is 0. The van der Waals surface area contributed by atoms with Gasteiger partial charge in [0.15, 0.2) is 5.78 Å². The molecule has 0 aliphatic rings. The van der Waals surface area contributed by atoms with E-state index in [0.29, 0.717) is 5.56 Å². The number of nitro groups is 1. The SMILES string of the molecule is BrBr.O=C(C=Cc1ccnc2ccccc12)c1ccc([N+](=O)[O-])cc1. The number of rotatable bonds is 4. The highest BCUT2D eigenvalue weighted by atomic mass is 80.9. The Morgan fingerprint density at radius 3 is 2.40 bits per heavy atom. The molecule has 7 heteroatoms. The number of non-ortho nitro benzene ring substituents is 1. The molecule has 0 unspecified atom stereocenters. The number of allylic oxidation sites excluding steroid dienone is 1. The zero-order chi connectivity index (χ0) is 18.2. The minimum Gasteiger partial charge on any atom is -0.289 e. The number of aromatic nitrogens is 1. The molecule has 5 nitrogen and oxygen atoms in total. The van der Waals surface area contributed by atoms with Crippen LogP contribution in [0.4, 0.5) is 5.69 Å². The van der Waals surface area contributed by atoms with Crippen LogP contribution >= 0.6 is 28.3 Å². The number of carbonyl (C=O) groups excluding carboxylic acids is 1. The maximum absolute atomic E-state index is 12.2. The first-order valence-electron chi connectivity index (χ1n) is 7.10. The number of halogens is 2. The van der Waals surface area contributed by atoms with Crippen molar-refractivity contribution >= 4 is 56.7 Å². The fourth-order valence-corrected chi connectivity index (χ4v) is 2.27. The minimum absolute atomic E-state index is 0.0364. The third-order valence-electron chi connectivity index (χ3n) is 3.46. The molecule has 3 aromatic rings. The fraction of sp³-hybridized carbons (Fsp3) is 0. The zero-order valence-electron chi connectivity index (χ0n) is 12.8. The summed E-state index contributed by atoms with van der Waals surface area (Å²) in [4.78, 5) is 26.6. The van der Waals surface area contributed by atoms with E-state index in [1.54, 1.807) is 12.3 Å². The summed E-state index contributed by atoms with van der Waals surface area (Å²) in [7, 11) is 0. The first-order chi connectivity index (χ1) is 12.1. The summed E-state index contributed by atoms with van der Waals surface area (Å²) in [6.07, 6.45) is 4.88. The summed E-state index contributed by atoms with van der Waals surface area (Å²) in [6.45, 7) is 0. The van der Waals surface area contributed by atoms with Gasteiger partial charge in [0.2, 0.25) is 0 Å². The van der Waals surface area contributed by atoms with Crippen molar-refractivity contribution in [2.75, 3.05) is 0 Å². The summed E-state index contributed by atoms with van der Waals surface area (Å²) >= 11 is 5.50. The smallest absolute Gasteiger partial charge is 0.269 e. The number of fused-ring (bicyclic) bond motifs is 1. The normalized spacial score (nSPS) is 10.3. The molecule has 25 heavy (non-hydrogen) atoms. The van der Waals surface area contributed by atoms with Crippen LogP contribution in [0.3, 0.4) is 0 Å². The van der Waals surface area contributed by atoms with Gasteiger partial charge in [-0.25, -0.2) is 0 Å². The Balaban J connectivity index is 0.00000109. The van der Waals surface area contributed by atoms with Crippen LogP contribution in [0, 0.1) is 10.1 Å². The Morgan fingerprint density at radius 2 is 1.72 bits per heavy atom. The molecule has 0 radical (unpaired) electrons. The molecule has 0 saturated heterocycles. The largest absolute Gasteiger partial charge is 0.289 e. The Morgan fingerprint density at radius 1 is 1.04 bits per heavy atom. The highest BCUT2D eigenvalue weighted by Crippen LogP contribution is 2.18. The molecule has 0 aliphatic heterocycles. The predicted molar refractivity (Wildman–Crippen MR) is 106 cm³/mol. The average molecular weight is 464 g/mol. The summed E-state index contributed by atoms with van der Waals surface area (Å²) in [5, 5.41) is 11.6. The lowest BCUT2D eigenvalue weighted by Gasteiger charge is -2.01. The molecule has 3 rings (SSSR count). The van der Waals surface area contributed by atoms with Gasteiger partial charge in [-0.05, 0) is 35.9 Å². The monoisotopic (exact) mass is 462 g/mol. The standard InChI is InChI=1S/C18H12N2O3.Br2/c21-18(14-5-8-15(9-6-14)20(22)23)10-7-13-11-12-19-17-4-2-1-3-16(13)17;1-2/h1-12H;. The van der Waals surface area contributed by atoms with E-state index in [1.165, 1.54) is 30.3 Å². The Hall–Kier alpha value is -2.38. The van der Waals surface area contributed by atoms with Gasteiger partial charge in [0.05, 0.1) is 10.4 Å². The third kappa shape index (κ3) is 4.80. The first-order valence-corrected chi connectivity index (χ1v) is 10.8. The summed E-state index contributed by atoms with van der Waals surface area (Å²) in [5.74, 6) is -0.208. The van der Waals surface area contributed by atoms with Crippen molar-refractivity contribution in [1.29, 1.82) is 0 Å². The van der Waals surface area contributed by atoms with E-state index in [1.807, 2.05) is 30.3 Å². The number of ketones is 1. The van der Waals surface area contributed by atoms with Crippen LogP contribution < -0.4 is 0 Å². The zero-order valence-corrected chi connectivity index (χ0v) is 16.0. The molecule has 0 N–H and O–H groups in total. The molecule has 126 valence electrons. The van der Waals surface area contributed by atoms with Gasteiger partial charge in [-0.15, -0.1) is 0 Å². The Bertz CT molecular complexity index is 920. The lowest BCUT2D eigenvalue weighted by molar-refractivity contribution is -0.384. The van der Waals surface area contributed by atoms with Crippen LogP contribution in [0.15, 0.2) is 66.9 Å². The molecule has 1 heterocycles. The number of hydrogen-bond donors (Lipinski definition) is 0. The van der Waals surface area contributed by atoms with Crippen LogP contribution in [0.5, 0.6) is 0 Å². The van der Waals surface area contributed by atoms with E-state index in [2.05, 4.69) is 33.2 Å². The molecule has 0 amide bonds. The van der Waals surface area contributed by atoms with Crippen molar-refractivity contribution in [3.8, 4) is 0 Å². The maximum atomic E-state index is 12.2. The first kappa shape index (κ1) is 19.0. The fourth-order valence-electron chi connectivity index (χ4n) is 2.27. The number of benzene rings is 2. The Kier molecular flexibility index (Phi) is 6.97. The van der Waals surface area contributed by atoms with Crippen molar-refractivity contribution in [2.45, 2.75) is 0 Å². The van der Waals surface area contributed by atoms with E-state index in [9.17, 15) is 14.9 Å². The quantitative estimate of drug-likeness (QED) is 0.214. The number of nitrogens with zero attached hydrogens (tertiary/aromatic N) is 2. The van der Waals surface area contributed by atoms with Crippen molar-refractivity contribution in [1.82, 2.24) is 4.98 Å². The minimum atomic E-state index is -0.493. The van der Waals surface area contributed by atoms with Crippen molar-refractivity contribution in [3.63, 3.8) is 0 Å². The maximum Gasteiger partial charge on any atom is 0.269 e. The number of carbonyl (C=O) groups is 1. The second kappa shape index (κ2) is 9.19. The van der Waals surface area contributed by atoms with Crippen molar-refractivity contribution in [3.05, 3.63) is 88.1 Å². The van der Waals surface area contributed by atoms with E-state index in [-0.39, 0.29) is 11.5 Å². The van der Waals surface area contributed by atoms with Gasteiger partial charge in [0.25, 0.3) is 5.69 Å². The highest BCUT2D eigenvalue weighted by Gasteiger charge is 2.07. The van der Waals surface area contributed by atoms with Gasteiger partial charge < -0.3 is 0 Å². The molecule has 0 fully saturated rings. The third-order valence-corrected chi connectivity index (χ3v) is 3.46. The van der Waals surface area contributed by atoms with Crippen LogP contribution in [0.25, 0.3) is 17.0 Å². The van der Waals surface area contributed by atoms with Crippen LogP contribution in [-0.4, -0.2) is 15.7 Å². The molecule has 0 spiro atoms. The molecular formula is C18H12Br2N2O3. The molecule has 0 atom stereocenters. The van der Waals surface area contributed by atoms with Gasteiger partial charge in [0, 0.05) is 57.5 Å². The summed E-state index contributed by atoms with van der Waals surface area (Å²) in [5.41, 5.74) is 2.12. The van der Waals surface area contributed by atoms with E-state index >= 15 is 0 Å². The van der Waals surface area contributed by atoms with Crippen molar-refractivity contribution in [2.24, 2.45) is 0 Å². The topological polar surface area (TPSA) is 73.1 Å².